The zero-order chi connectivity index (χ0) is 19.2. The zero-order valence-electron chi connectivity index (χ0n) is 14.9. The van der Waals surface area contributed by atoms with Gasteiger partial charge >= 0.3 is 6.18 Å². The van der Waals surface area contributed by atoms with E-state index in [4.69, 9.17) is 0 Å². The molecule has 0 fully saturated rings. The van der Waals surface area contributed by atoms with Crippen molar-refractivity contribution in [3.63, 3.8) is 0 Å². The van der Waals surface area contributed by atoms with Gasteiger partial charge in [0.05, 0.1) is 13.1 Å². The Balaban J connectivity index is 2.00. The Labute approximate surface area is 155 Å². The number of nitrogens with one attached hydrogen (secondary N) is 2. The molecule has 0 radical (unpaired) electrons. The van der Waals surface area contributed by atoms with Crippen LogP contribution in [0.25, 0.3) is 0 Å². The Bertz CT molecular complexity index is 740. The van der Waals surface area contributed by atoms with Gasteiger partial charge in [0.1, 0.15) is 5.01 Å². The Kier molecular flexibility index (Phi) is 6.84. The van der Waals surface area contributed by atoms with E-state index in [0.29, 0.717) is 24.1 Å². The highest BCUT2D eigenvalue weighted by Crippen LogP contribution is 2.29. The molecule has 5 nitrogen and oxygen atoms in total. The summed E-state index contributed by atoms with van der Waals surface area (Å²) in [7, 11) is 3.94. The van der Waals surface area contributed by atoms with Crippen LogP contribution in [0.3, 0.4) is 0 Å². The van der Waals surface area contributed by atoms with Gasteiger partial charge in [-0.25, -0.2) is 9.98 Å². The Morgan fingerprint density at radius 2 is 2.04 bits per heavy atom. The number of anilines is 1. The highest BCUT2D eigenvalue weighted by molar-refractivity contribution is 7.09. The molecule has 2 N–H and O–H groups in total. The van der Waals surface area contributed by atoms with Crippen LogP contribution in [0.1, 0.15) is 23.2 Å². The van der Waals surface area contributed by atoms with Crippen LogP contribution >= 0.6 is 11.3 Å². The molecule has 0 bridgehead atoms. The average Bonchev–Trinajstić information content (AvgIpc) is 3.07. The lowest BCUT2D eigenvalue weighted by Crippen LogP contribution is -2.36. The summed E-state index contributed by atoms with van der Waals surface area (Å²) in [6, 6.07) is 8.01. The van der Waals surface area contributed by atoms with Gasteiger partial charge in [-0.05, 0) is 24.6 Å². The summed E-state index contributed by atoms with van der Waals surface area (Å²) in [6.45, 7) is 3.22. The van der Waals surface area contributed by atoms with Crippen LogP contribution in [0, 0.1) is 0 Å². The van der Waals surface area contributed by atoms with Crippen molar-refractivity contribution in [3.8, 4) is 0 Å². The van der Waals surface area contributed by atoms with E-state index in [1.165, 1.54) is 0 Å². The first kappa shape index (κ1) is 20.0. The smallest absolute Gasteiger partial charge is 0.378 e. The second kappa shape index (κ2) is 8.88. The van der Waals surface area contributed by atoms with E-state index in [9.17, 15) is 13.2 Å². The van der Waals surface area contributed by atoms with E-state index < -0.39 is 11.9 Å². The molecule has 0 aliphatic heterocycles. The largest absolute Gasteiger partial charge is 0.434 e. The fourth-order valence-corrected chi connectivity index (χ4v) is 2.87. The number of benzene rings is 1. The Hall–Kier alpha value is -2.29. The maximum Gasteiger partial charge on any atom is 0.434 e. The summed E-state index contributed by atoms with van der Waals surface area (Å²) in [6.07, 6.45) is -4.41. The molecule has 142 valence electrons. The Morgan fingerprint density at radius 3 is 2.65 bits per heavy atom. The highest BCUT2D eigenvalue weighted by atomic mass is 32.1. The summed E-state index contributed by atoms with van der Waals surface area (Å²) in [5.74, 6) is 0.534. The molecule has 0 spiro atoms. The highest BCUT2D eigenvalue weighted by Gasteiger charge is 2.33. The number of hydrogen-bond donors (Lipinski definition) is 2. The first-order chi connectivity index (χ1) is 12.3. The molecule has 2 rings (SSSR count). The standard InChI is InChI=1S/C17H22F3N5S/c1-4-21-16(22-9-12-6-5-7-13(8-12)25(2)3)23-10-15-24-14(11-26-15)17(18,19)20/h5-8,11H,4,9-10H2,1-3H3,(H2,21,22,23). The number of hydrogen-bond acceptors (Lipinski definition) is 4. The molecule has 0 atom stereocenters. The van der Waals surface area contributed by atoms with Crippen LogP contribution in [-0.4, -0.2) is 31.6 Å². The molecule has 1 aromatic heterocycles. The number of nitrogens with zero attached hydrogens (tertiary/aromatic N) is 3. The minimum absolute atomic E-state index is 0.185. The van der Waals surface area contributed by atoms with Crippen LogP contribution in [0.15, 0.2) is 34.6 Å². The molecule has 0 amide bonds. The molecule has 9 heteroatoms. The van der Waals surface area contributed by atoms with Gasteiger partial charge in [0.25, 0.3) is 0 Å². The van der Waals surface area contributed by atoms with Gasteiger partial charge in [-0.1, -0.05) is 12.1 Å². The van der Waals surface area contributed by atoms with Gasteiger partial charge in [0.15, 0.2) is 11.7 Å². The topological polar surface area (TPSA) is 52.6 Å². The first-order valence-electron chi connectivity index (χ1n) is 8.09. The van der Waals surface area contributed by atoms with Crippen molar-refractivity contribution >= 4 is 23.0 Å². The normalized spacial score (nSPS) is 12.2. The number of aromatic nitrogens is 1. The molecule has 1 aromatic carbocycles. The van der Waals surface area contributed by atoms with Gasteiger partial charge in [-0.3, -0.25) is 0 Å². The number of guanidine groups is 1. The monoisotopic (exact) mass is 385 g/mol. The lowest BCUT2D eigenvalue weighted by atomic mass is 10.2. The third-order valence-corrected chi connectivity index (χ3v) is 4.29. The van der Waals surface area contributed by atoms with E-state index >= 15 is 0 Å². The fraction of sp³-hybridized carbons (Fsp3) is 0.412. The quantitative estimate of drug-likeness (QED) is 0.591. The molecule has 1 heterocycles. The third kappa shape index (κ3) is 5.91. The predicted molar refractivity (Wildman–Crippen MR) is 99.5 cm³/mol. The zero-order valence-corrected chi connectivity index (χ0v) is 15.7. The van der Waals surface area contributed by atoms with E-state index in [1.54, 1.807) is 0 Å². The first-order valence-corrected chi connectivity index (χ1v) is 8.97. The molecule has 0 unspecified atom stereocenters. The van der Waals surface area contributed by atoms with E-state index in [1.807, 2.05) is 50.2 Å². The van der Waals surface area contributed by atoms with Gasteiger partial charge in [0.2, 0.25) is 0 Å². The predicted octanol–water partition coefficient (Wildman–Crippen LogP) is 3.48. The summed E-state index contributed by atoms with van der Waals surface area (Å²) in [4.78, 5) is 10.1. The maximum atomic E-state index is 12.6. The number of halogens is 3. The van der Waals surface area contributed by atoms with Crippen molar-refractivity contribution in [2.75, 3.05) is 25.5 Å². The van der Waals surface area contributed by atoms with Crippen LogP contribution in [0.4, 0.5) is 18.9 Å². The van der Waals surface area contributed by atoms with Gasteiger partial charge < -0.3 is 15.5 Å². The lowest BCUT2D eigenvalue weighted by Gasteiger charge is -2.13. The molecule has 0 aliphatic rings. The average molecular weight is 385 g/mol. The van der Waals surface area contributed by atoms with E-state index in [0.717, 1.165) is 28.0 Å². The van der Waals surface area contributed by atoms with Crippen LogP contribution in [-0.2, 0) is 19.3 Å². The maximum absolute atomic E-state index is 12.6. The molecule has 0 aliphatic carbocycles. The second-order valence-corrected chi connectivity index (χ2v) is 6.68. The lowest BCUT2D eigenvalue weighted by molar-refractivity contribution is -0.140. The van der Waals surface area contributed by atoms with Gasteiger partial charge in [-0.2, -0.15) is 13.2 Å². The van der Waals surface area contributed by atoms with Gasteiger partial charge in [0, 0.05) is 31.7 Å². The third-order valence-electron chi connectivity index (χ3n) is 3.44. The van der Waals surface area contributed by atoms with Gasteiger partial charge in [-0.15, -0.1) is 11.3 Å². The molecular weight excluding hydrogens is 363 g/mol. The molecular formula is C17H22F3N5S. The molecule has 26 heavy (non-hydrogen) atoms. The van der Waals surface area contributed by atoms with Crippen molar-refractivity contribution in [1.82, 2.24) is 15.6 Å². The van der Waals surface area contributed by atoms with Crippen molar-refractivity contribution in [2.24, 2.45) is 4.99 Å². The summed E-state index contributed by atoms with van der Waals surface area (Å²) in [5.41, 5.74) is 1.27. The second-order valence-electron chi connectivity index (χ2n) is 5.74. The van der Waals surface area contributed by atoms with Crippen LogP contribution in [0.2, 0.25) is 0 Å². The fourth-order valence-electron chi connectivity index (χ4n) is 2.13. The van der Waals surface area contributed by atoms with Crippen molar-refractivity contribution in [1.29, 1.82) is 0 Å². The number of alkyl halides is 3. The van der Waals surface area contributed by atoms with Crippen LogP contribution < -0.4 is 15.5 Å². The van der Waals surface area contributed by atoms with Crippen molar-refractivity contribution in [3.05, 3.63) is 45.9 Å². The van der Waals surface area contributed by atoms with E-state index in [2.05, 4.69) is 20.6 Å². The number of thiazole rings is 1. The number of aliphatic imine (C=N–C) groups is 1. The number of rotatable bonds is 6. The minimum Gasteiger partial charge on any atom is -0.378 e. The SMILES string of the molecule is CCNC(=NCc1cccc(N(C)C)c1)NCc1nc(C(F)(F)F)cs1. The molecule has 0 saturated heterocycles. The van der Waals surface area contributed by atoms with Crippen molar-refractivity contribution < 1.29 is 13.2 Å². The Morgan fingerprint density at radius 1 is 1.27 bits per heavy atom. The van der Waals surface area contributed by atoms with Crippen molar-refractivity contribution in [2.45, 2.75) is 26.2 Å². The summed E-state index contributed by atoms with van der Waals surface area (Å²) >= 11 is 0.974. The van der Waals surface area contributed by atoms with Crippen LogP contribution in [0.5, 0.6) is 0 Å². The summed E-state index contributed by atoms with van der Waals surface area (Å²) in [5, 5.41) is 7.48. The molecule has 2 aromatic rings. The van der Waals surface area contributed by atoms with E-state index in [-0.39, 0.29) is 6.54 Å². The minimum atomic E-state index is -4.41. The molecule has 0 saturated carbocycles. The summed E-state index contributed by atoms with van der Waals surface area (Å²) < 4.78 is 37.8.